The van der Waals surface area contributed by atoms with Crippen molar-refractivity contribution in [2.45, 2.75) is 39.7 Å². The summed E-state index contributed by atoms with van der Waals surface area (Å²) >= 11 is 0. The molecule has 0 spiro atoms. The van der Waals surface area contributed by atoms with Crippen LogP contribution in [0.25, 0.3) is 0 Å². The molecule has 5 nitrogen and oxygen atoms in total. The normalized spacial score (nSPS) is 15.2. The van der Waals surface area contributed by atoms with Crippen LogP contribution in [-0.4, -0.2) is 32.8 Å². The van der Waals surface area contributed by atoms with E-state index in [1.807, 2.05) is 0 Å². The Morgan fingerprint density at radius 3 is 2.67 bits per heavy atom. The molecule has 0 amide bonds. The molecule has 1 N–H and O–H groups in total. The van der Waals surface area contributed by atoms with Crippen LogP contribution in [0.1, 0.15) is 33.0 Å². The molecule has 5 heteroatoms. The number of aromatic nitrogens is 4. The Morgan fingerprint density at radius 1 is 1.40 bits per heavy atom. The molecule has 1 rings (SSSR count). The molecule has 0 saturated carbocycles. The second kappa shape index (κ2) is 5.80. The van der Waals surface area contributed by atoms with Gasteiger partial charge in [-0.15, -0.1) is 10.2 Å². The molecule has 0 aliphatic heterocycles. The average molecular weight is 211 g/mol. The minimum atomic E-state index is 0.494. The third-order valence-corrected chi connectivity index (χ3v) is 2.62. The lowest BCUT2D eigenvalue weighted by atomic mass is 9.99. The number of nitrogens with zero attached hydrogens (tertiary/aromatic N) is 4. The fourth-order valence-corrected chi connectivity index (χ4v) is 1.44. The van der Waals surface area contributed by atoms with Gasteiger partial charge in [-0.3, -0.25) is 0 Å². The lowest BCUT2D eigenvalue weighted by Crippen LogP contribution is -2.33. The third-order valence-electron chi connectivity index (χ3n) is 2.62. The van der Waals surface area contributed by atoms with E-state index in [0.29, 0.717) is 12.0 Å². The average Bonchev–Trinajstić information content (AvgIpc) is 2.60. The van der Waals surface area contributed by atoms with Crippen molar-refractivity contribution in [3.05, 3.63) is 5.82 Å². The Kier molecular flexibility index (Phi) is 4.68. The quantitative estimate of drug-likeness (QED) is 0.755. The van der Waals surface area contributed by atoms with E-state index in [1.54, 1.807) is 7.05 Å². The summed E-state index contributed by atoms with van der Waals surface area (Å²) in [5.74, 6) is 1.36. The molecule has 1 heterocycles. The van der Waals surface area contributed by atoms with Crippen molar-refractivity contribution < 1.29 is 0 Å². The Bertz CT molecular complexity index is 283. The Hall–Kier alpha value is -0.970. The van der Waals surface area contributed by atoms with Crippen LogP contribution in [0.4, 0.5) is 0 Å². The van der Waals surface area contributed by atoms with Gasteiger partial charge in [-0.2, -0.15) is 4.80 Å². The molecule has 0 saturated heterocycles. The summed E-state index contributed by atoms with van der Waals surface area (Å²) in [6, 6.07) is 0.494. The highest BCUT2D eigenvalue weighted by atomic mass is 15.6. The monoisotopic (exact) mass is 211 g/mol. The maximum Gasteiger partial charge on any atom is 0.175 e. The standard InChI is InChI=1S/C10H21N5/c1-5-6-11-9(3)8(2)7-10-12-14-15(4)13-10/h8-9,11H,5-7H2,1-4H3. The molecule has 15 heavy (non-hydrogen) atoms. The van der Waals surface area contributed by atoms with E-state index < -0.39 is 0 Å². The Balaban J connectivity index is 2.37. The van der Waals surface area contributed by atoms with E-state index in [4.69, 9.17) is 0 Å². The van der Waals surface area contributed by atoms with Gasteiger partial charge in [0.15, 0.2) is 5.82 Å². The molecule has 0 aliphatic carbocycles. The summed E-state index contributed by atoms with van der Waals surface area (Å²) in [5, 5.41) is 15.5. The fraction of sp³-hybridized carbons (Fsp3) is 0.900. The zero-order valence-corrected chi connectivity index (χ0v) is 10.1. The molecule has 0 aliphatic rings. The first kappa shape index (κ1) is 12.1. The van der Waals surface area contributed by atoms with Gasteiger partial charge in [-0.1, -0.05) is 13.8 Å². The fourth-order valence-electron chi connectivity index (χ4n) is 1.44. The first-order valence-electron chi connectivity index (χ1n) is 5.59. The third kappa shape index (κ3) is 3.95. The predicted molar refractivity (Wildman–Crippen MR) is 59.4 cm³/mol. The highest BCUT2D eigenvalue weighted by Crippen LogP contribution is 2.07. The van der Waals surface area contributed by atoms with E-state index in [2.05, 4.69) is 41.5 Å². The van der Waals surface area contributed by atoms with Gasteiger partial charge < -0.3 is 5.32 Å². The van der Waals surface area contributed by atoms with Crippen molar-refractivity contribution in [2.24, 2.45) is 13.0 Å². The predicted octanol–water partition coefficient (Wildman–Crippen LogP) is 0.777. The molecular weight excluding hydrogens is 190 g/mol. The minimum Gasteiger partial charge on any atom is -0.314 e. The van der Waals surface area contributed by atoms with Crippen LogP contribution in [0.3, 0.4) is 0 Å². The molecule has 1 aromatic rings. The van der Waals surface area contributed by atoms with Crippen LogP contribution in [0, 0.1) is 5.92 Å². The van der Waals surface area contributed by atoms with E-state index in [1.165, 1.54) is 11.2 Å². The van der Waals surface area contributed by atoms with Gasteiger partial charge in [-0.05, 0) is 31.0 Å². The van der Waals surface area contributed by atoms with Crippen LogP contribution in [0.2, 0.25) is 0 Å². The number of rotatable bonds is 6. The smallest absolute Gasteiger partial charge is 0.175 e. The van der Waals surface area contributed by atoms with Crippen LogP contribution >= 0.6 is 0 Å². The second-order valence-electron chi connectivity index (χ2n) is 4.12. The summed E-state index contributed by atoms with van der Waals surface area (Å²) < 4.78 is 0. The largest absolute Gasteiger partial charge is 0.314 e. The number of nitrogens with one attached hydrogen (secondary N) is 1. The molecule has 0 bridgehead atoms. The Labute approximate surface area is 91.2 Å². The minimum absolute atomic E-state index is 0.494. The maximum absolute atomic E-state index is 4.18. The van der Waals surface area contributed by atoms with Gasteiger partial charge in [0, 0.05) is 12.5 Å². The van der Waals surface area contributed by atoms with Gasteiger partial charge in [0.1, 0.15) is 0 Å². The van der Waals surface area contributed by atoms with Gasteiger partial charge >= 0.3 is 0 Å². The highest BCUT2D eigenvalue weighted by Gasteiger charge is 2.14. The Morgan fingerprint density at radius 2 is 2.13 bits per heavy atom. The summed E-state index contributed by atoms with van der Waals surface area (Å²) in [5.41, 5.74) is 0. The maximum atomic E-state index is 4.18. The van der Waals surface area contributed by atoms with Gasteiger partial charge in [0.2, 0.25) is 0 Å². The molecule has 86 valence electrons. The van der Waals surface area contributed by atoms with E-state index in [-0.39, 0.29) is 0 Å². The zero-order valence-electron chi connectivity index (χ0n) is 10.1. The summed E-state index contributed by atoms with van der Waals surface area (Å²) in [4.78, 5) is 1.51. The highest BCUT2D eigenvalue weighted by molar-refractivity contribution is 4.83. The van der Waals surface area contributed by atoms with Crippen molar-refractivity contribution in [3.63, 3.8) is 0 Å². The first-order valence-corrected chi connectivity index (χ1v) is 5.59. The van der Waals surface area contributed by atoms with Crippen molar-refractivity contribution in [1.82, 2.24) is 25.5 Å². The van der Waals surface area contributed by atoms with Crippen LogP contribution < -0.4 is 5.32 Å². The second-order valence-corrected chi connectivity index (χ2v) is 4.12. The van der Waals surface area contributed by atoms with Gasteiger partial charge in [0.05, 0.1) is 7.05 Å². The molecule has 0 aromatic carbocycles. The lowest BCUT2D eigenvalue weighted by molar-refractivity contribution is 0.393. The van der Waals surface area contributed by atoms with Crippen LogP contribution in [0.5, 0.6) is 0 Å². The zero-order chi connectivity index (χ0) is 11.3. The number of aryl methyl sites for hydroxylation is 1. The van der Waals surface area contributed by atoms with Crippen molar-refractivity contribution in [3.8, 4) is 0 Å². The molecule has 2 unspecified atom stereocenters. The van der Waals surface area contributed by atoms with Crippen LogP contribution in [-0.2, 0) is 13.5 Å². The molecule has 0 fully saturated rings. The van der Waals surface area contributed by atoms with Crippen molar-refractivity contribution >= 4 is 0 Å². The summed E-state index contributed by atoms with van der Waals surface area (Å²) in [6.45, 7) is 7.66. The SMILES string of the molecule is CCCNC(C)C(C)Cc1nnn(C)n1. The lowest BCUT2D eigenvalue weighted by Gasteiger charge is -2.19. The number of tetrazole rings is 1. The topological polar surface area (TPSA) is 55.6 Å². The van der Waals surface area contributed by atoms with E-state index in [0.717, 1.165) is 18.8 Å². The number of hydrogen-bond acceptors (Lipinski definition) is 4. The first-order chi connectivity index (χ1) is 7.13. The molecular formula is C10H21N5. The van der Waals surface area contributed by atoms with Gasteiger partial charge in [-0.25, -0.2) is 0 Å². The van der Waals surface area contributed by atoms with E-state index >= 15 is 0 Å². The van der Waals surface area contributed by atoms with Crippen molar-refractivity contribution in [1.29, 1.82) is 0 Å². The summed E-state index contributed by atoms with van der Waals surface area (Å²) in [7, 11) is 1.79. The number of hydrogen-bond donors (Lipinski definition) is 1. The van der Waals surface area contributed by atoms with Crippen LogP contribution in [0.15, 0.2) is 0 Å². The molecule has 1 aromatic heterocycles. The molecule has 0 radical (unpaired) electrons. The summed E-state index contributed by atoms with van der Waals surface area (Å²) in [6.07, 6.45) is 2.05. The van der Waals surface area contributed by atoms with E-state index in [9.17, 15) is 0 Å². The van der Waals surface area contributed by atoms with Crippen molar-refractivity contribution in [2.75, 3.05) is 6.54 Å². The molecule has 2 atom stereocenters. The van der Waals surface area contributed by atoms with Gasteiger partial charge in [0.25, 0.3) is 0 Å².